The summed E-state index contributed by atoms with van der Waals surface area (Å²) in [6.45, 7) is 4.65. The van der Waals surface area contributed by atoms with E-state index in [9.17, 15) is 4.39 Å². The van der Waals surface area contributed by atoms with Gasteiger partial charge in [-0.25, -0.2) is 9.37 Å². The van der Waals surface area contributed by atoms with Crippen LogP contribution in [0.1, 0.15) is 36.6 Å². The molecule has 31 heavy (non-hydrogen) atoms. The molecule has 0 saturated heterocycles. The van der Waals surface area contributed by atoms with Crippen LogP contribution >= 0.6 is 0 Å². The van der Waals surface area contributed by atoms with Gasteiger partial charge >= 0.3 is 0 Å². The molecule has 1 atom stereocenters. The highest BCUT2D eigenvalue weighted by Gasteiger charge is 2.24. The number of hydrogen-bond donors (Lipinski definition) is 1. The summed E-state index contributed by atoms with van der Waals surface area (Å²) < 4.78 is 24.2. The van der Waals surface area contributed by atoms with Crippen molar-refractivity contribution < 1.29 is 9.13 Å². The highest BCUT2D eigenvalue weighted by atomic mass is 19.1. The molecule has 0 spiro atoms. The van der Waals surface area contributed by atoms with Crippen LogP contribution in [0.15, 0.2) is 42.9 Å². The van der Waals surface area contributed by atoms with Crippen molar-refractivity contribution in [2.75, 3.05) is 5.73 Å². The maximum Gasteiger partial charge on any atom is 0.166 e. The van der Waals surface area contributed by atoms with E-state index in [1.807, 2.05) is 48.7 Å². The standard InChI is InChI=1S/C23H23FN6O/c1-4-30-21-14(12-28-30)7-15-11-27-29(3)22(15)18-6-5-17(24)9-19(18)13(2)31-20-8-16(21)10-26-23(20)25/h5-6,8-13H,4,7H2,1-3H3,(H2,25,26)/t13-/m1/s1. The predicted octanol–water partition coefficient (Wildman–Crippen LogP) is 4.13. The topological polar surface area (TPSA) is 83.8 Å². The van der Waals surface area contributed by atoms with Crippen LogP contribution in [-0.4, -0.2) is 24.5 Å². The van der Waals surface area contributed by atoms with Crippen molar-refractivity contribution in [2.24, 2.45) is 7.05 Å². The first-order chi connectivity index (χ1) is 15.0. The second-order valence-electron chi connectivity index (χ2n) is 7.75. The van der Waals surface area contributed by atoms with E-state index >= 15 is 0 Å². The van der Waals surface area contributed by atoms with E-state index in [0.717, 1.165) is 39.2 Å². The fourth-order valence-electron chi connectivity index (χ4n) is 4.31. The van der Waals surface area contributed by atoms with Gasteiger partial charge in [-0.15, -0.1) is 0 Å². The number of nitrogens with two attached hydrogens (primary N) is 1. The van der Waals surface area contributed by atoms with Crippen molar-refractivity contribution in [3.63, 3.8) is 0 Å². The Hall–Kier alpha value is -3.68. The number of nitrogens with zero attached hydrogens (tertiary/aromatic N) is 5. The summed E-state index contributed by atoms with van der Waals surface area (Å²) in [6, 6.07) is 6.64. The molecule has 2 N–H and O–H groups in total. The largest absolute Gasteiger partial charge is 0.482 e. The first-order valence-electron chi connectivity index (χ1n) is 10.2. The minimum absolute atomic E-state index is 0.288. The maximum atomic E-state index is 14.2. The van der Waals surface area contributed by atoms with E-state index in [0.29, 0.717) is 18.7 Å². The Labute approximate surface area is 179 Å². The van der Waals surface area contributed by atoms with E-state index in [1.54, 1.807) is 12.3 Å². The van der Waals surface area contributed by atoms with E-state index in [2.05, 4.69) is 15.2 Å². The van der Waals surface area contributed by atoms with E-state index in [-0.39, 0.29) is 11.6 Å². The first-order valence-corrected chi connectivity index (χ1v) is 10.2. The summed E-state index contributed by atoms with van der Waals surface area (Å²) in [6.07, 6.45) is 5.65. The van der Waals surface area contributed by atoms with Crippen LogP contribution in [0, 0.1) is 5.82 Å². The van der Waals surface area contributed by atoms with Crippen LogP contribution in [-0.2, 0) is 20.0 Å². The van der Waals surface area contributed by atoms with Gasteiger partial charge in [0.25, 0.3) is 0 Å². The third kappa shape index (κ3) is 3.15. The van der Waals surface area contributed by atoms with E-state index < -0.39 is 6.10 Å². The van der Waals surface area contributed by atoms with Crippen LogP contribution < -0.4 is 10.5 Å². The second kappa shape index (κ2) is 7.23. The molecule has 7 nitrogen and oxygen atoms in total. The summed E-state index contributed by atoms with van der Waals surface area (Å²) in [7, 11) is 1.89. The fraction of sp³-hybridized carbons (Fsp3) is 0.261. The molecule has 158 valence electrons. The number of halogens is 1. The number of ether oxygens (including phenoxy) is 1. The summed E-state index contributed by atoms with van der Waals surface area (Å²) >= 11 is 0. The van der Waals surface area contributed by atoms with E-state index in [4.69, 9.17) is 10.5 Å². The number of rotatable bonds is 1. The molecule has 1 aliphatic heterocycles. The highest BCUT2D eigenvalue weighted by molar-refractivity contribution is 5.72. The Morgan fingerprint density at radius 2 is 1.90 bits per heavy atom. The van der Waals surface area contributed by atoms with Crippen LogP contribution in [0.25, 0.3) is 22.5 Å². The molecule has 4 heterocycles. The summed E-state index contributed by atoms with van der Waals surface area (Å²) in [4.78, 5) is 4.36. The average molecular weight is 418 g/mol. The van der Waals surface area contributed by atoms with Crippen LogP contribution in [0.2, 0.25) is 0 Å². The molecular weight excluding hydrogens is 395 g/mol. The number of benzene rings is 1. The Balaban J connectivity index is 1.82. The van der Waals surface area contributed by atoms with Gasteiger partial charge in [-0.3, -0.25) is 9.36 Å². The molecule has 0 fully saturated rings. The SMILES string of the molecule is CCn1ncc2c1-c1cnc(N)c(c1)O[C@H](C)c1cc(F)ccc1-c1c(cnn1C)C2. The Kier molecular flexibility index (Phi) is 4.50. The van der Waals surface area contributed by atoms with Crippen molar-refractivity contribution >= 4 is 5.82 Å². The monoisotopic (exact) mass is 418 g/mol. The van der Waals surface area contributed by atoms with Gasteiger partial charge in [0.05, 0.1) is 23.8 Å². The number of fused-ring (bicyclic) bond motifs is 7. The van der Waals surface area contributed by atoms with Gasteiger partial charge in [-0.05, 0) is 38.1 Å². The van der Waals surface area contributed by atoms with Gasteiger partial charge in [0, 0.05) is 54.0 Å². The summed E-state index contributed by atoms with van der Waals surface area (Å²) in [5, 5.41) is 9.07. The van der Waals surface area contributed by atoms with Gasteiger partial charge in [-0.1, -0.05) is 0 Å². The normalized spacial score (nSPS) is 15.2. The zero-order valence-corrected chi connectivity index (χ0v) is 17.6. The Bertz CT molecular complexity index is 1290. The van der Waals surface area contributed by atoms with Gasteiger partial charge in [0.1, 0.15) is 11.9 Å². The molecule has 0 saturated carbocycles. The molecular formula is C23H23FN6O. The first kappa shape index (κ1) is 19.3. The van der Waals surface area contributed by atoms with Crippen LogP contribution in [0.5, 0.6) is 5.75 Å². The molecule has 1 aliphatic rings. The number of hydrogen-bond acceptors (Lipinski definition) is 5. The fourth-order valence-corrected chi connectivity index (χ4v) is 4.31. The number of aryl methyl sites for hydroxylation is 2. The van der Waals surface area contributed by atoms with Gasteiger partial charge in [-0.2, -0.15) is 10.2 Å². The third-order valence-electron chi connectivity index (χ3n) is 5.78. The molecule has 2 bridgehead atoms. The van der Waals surface area contributed by atoms with Crippen molar-refractivity contribution in [2.45, 2.75) is 32.9 Å². The zero-order valence-electron chi connectivity index (χ0n) is 17.6. The quantitative estimate of drug-likeness (QED) is 0.502. The molecule has 0 aliphatic carbocycles. The van der Waals surface area contributed by atoms with Crippen molar-refractivity contribution in [1.29, 1.82) is 0 Å². The number of nitrogen functional groups attached to an aromatic ring is 1. The van der Waals surface area contributed by atoms with Gasteiger partial charge in [0.2, 0.25) is 0 Å². The lowest BCUT2D eigenvalue weighted by Gasteiger charge is -2.21. The minimum Gasteiger partial charge on any atom is -0.482 e. The van der Waals surface area contributed by atoms with Gasteiger partial charge < -0.3 is 10.5 Å². The summed E-state index contributed by atoms with van der Waals surface area (Å²) in [5.74, 6) is 0.424. The van der Waals surface area contributed by atoms with Crippen LogP contribution in [0.4, 0.5) is 10.2 Å². The lowest BCUT2D eigenvalue weighted by Crippen LogP contribution is -2.10. The lowest BCUT2D eigenvalue weighted by atomic mass is 9.94. The number of pyridine rings is 1. The number of aromatic nitrogens is 5. The summed E-state index contributed by atoms with van der Waals surface area (Å²) in [5.41, 5.74) is 12.6. The Morgan fingerprint density at radius 3 is 2.71 bits per heavy atom. The zero-order chi connectivity index (χ0) is 21.7. The smallest absolute Gasteiger partial charge is 0.166 e. The average Bonchev–Trinajstić information content (AvgIpc) is 3.32. The van der Waals surface area contributed by atoms with E-state index in [1.165, 1.54) is 12.1 Å². The van der Waals surface area contributed by atoms with Crippen molar-refractivity contribution in [1.82, 2.24) is 24.5 Å². The van der Waals surface area contributed by atoms with Crippen molar-refractivity contribution in [3.8, 4) is 28.3 Å². The molecule has 0 radical (unpaired) electrons. The number of anilines is 1. The Morgan fingerprint density at radius 1 is 1.13 bits per heavy atom. The molecule has 8 heteroatoms. The highest BCUT2D eigenvalue weighted by Crippen LogP contribution is 2.38. The maximum absolute atomic E-state index is 14.2. The molecule has 1 aromatic carbocycles. The van der Waals surface area contributed by atoms with Crippen LogP contribution in [0.3, 0.4) is 0 Å². The third-order valence-corrected chi connectivity index (χ3v) is 5.78. The second-order valence-corrected chi connectivity index (χ2v) is 7.75. The minimum atomic E-state index is -0.456. The molecule has 4 aromatic rings. The lowest BCUT2D eigenvalue weighted by molar-refractivity contribution is 0.227. The van der Waals surface area contributed by atoms with Gasteiger partial charge in [0.15, 0.2) is 11.6 Å². The molecule has 0 unspecified atom stereocenters. The molecule has 3 aromatic heterocycles. The van der Waals surface area contributed by atoms with Crippen molar-refractivity contribution in [3.05, 3.63) is 65.4 Å². The molecule has 0 amide bonds. The predicted molar refractivity (Wildman–Crippen MR) is 116 cm³/mol. The molecule has 5 rings (SSSR count).